The van der Waals surface area contributed by atoms with Crippen LogP contribution in [0.2, 0.25) is 0 Å². The van der Waals surface area contributed by atoms with Crippen LogP contribution in [0.5, 0.6) is 0 Å². The van der Waals surface area contributed by atoms with Crippen LogP contribution >= 0.6 is 22.7 Å². The van der Waals surface area contributed by atoms with E-state index in [2.05, 4.69) is 76.8 Å². The fourth-order valence-corrected chi connectivity index (χ4v) is 6.05. The van der Waals surface area contributed by atoms with Crippen molar-refractivity contribution < 1.29 is 0 Å². The van der Waals surface area contributed by atoms with E-state index in [9.17, 15) is 0 Å². The third-order valence-corrected chi connectivity index (χ3v) is 6.88. The molecular weight excluding hydrogens is 340 g/mol. The van der Waals surface area contributed by atoms with Gasteiger partial charge >= 0.3 is 0 Å². The Morgan fingerprint density at radius 1 is 0.960 bits per heavy atom. The maximum absolute atomic E-state index is 3.84. The molecule has 2 heterocycles. The first-order chi connectivity index (χ1) is 11.9. The monoisotopic (exact) mass is 362 g/mol. The molecule has 2 heteroatoms. The third kappa shape index (κ3) is 2.56. The van der Waals surface area contributed by atoms with E-state index in [0.717, 1.165) is 0 Å². The summed E-state index contributed by atoms with van der Waals surface area (Å²) in [5.74, 6) is 0. The lowest BCUT2D eigenvalue weighted by atomic mass is 9.81. The molecule has 0 spiro atoms. The molecule has 2 aromatic carbocycles. The fourth-order valence-electron chi connectivity index (χ4n) is 3.72. The summed E-state index contributed by atoms with van der Waals surface area (Å²) in [5.41, 5.74) is 2.90. The van der Waals surface area contributed by atoms with Crippen LogP contribution in [0, 0.1) is 6.92 Å². The van der Waals surface area contributed by atoms with Gasteiger partial charge in [0.15, 0.2) is 0 Å². The molecule has 0 atom stereocenters. The summed E-state index contributed by atoms with van der Waals surface area (Å²) in [4.78, 5) is 1.38. The molecule has 0 unspecified atom stereocenters. The normalized spacial score (nSPS) is 12.8. The van der Waals surface area contributed by atoms with Crippen molar-refractivity contribution in [2.75, 3.05) is 0 Å². The van der Waals surface area contributed by atoms with Crippen LogP contribution in [0.3, 0.4) is 0 Å². The zero-order valence-corrected chi connectivity index (χ0v) is 16.8. The Labute approximate surface area is 157 Å². The van der Waals surface area contributed by atoms with E-state index in [1.807, 2.05) is 28.7 Å². The molecule has 0 fully saturated rings. The van der Waals surface area contributed by atoms with Crippen LogP contribution in [0.1, 0.15) is 36.8 Å². The van der Waals surface area contributed by atoms with Crippen LogP contribution in [0.25, 0.3) is 36.3 Å². The Morgan fingerprint density at radius 3 is 2.40 bits per heavy atom. The number of rotatable bonds is 2. The number of hydrogen-bond donors (Lipinski definition) is 0. The smallest absolute Gasteiger partial charge is 0.0372 e. The highest BCUT2D eigenvalue weighted by Gasteiger charge is 2.25. The number of thiophene rings is 2. The summed E-state index contributed by atoms with van der Waals surface area (Å²) >= 11 is 3.82. The van der Waals surface area contributed by atoms with Crippen molar-refractivity contribution in [3.05, 3.63) is 65.1 Å². The molecule has 4 aromatic rings. The molecule has 4 rings (SSSR count). The van der Waals surface area contributed by atoms with Crippen LogP contribution in [0.4, 0.5) is 0 Å². The molecule has 0 N–H and O–H groups in total. The van der Waals surface area contributed by atoms with E-state index in [1.54, 1.807) is 0 Å². The number of allylic oxidation sites excluding steroid dienone is 2. The van der Waals surface area contributed by atoms with Crippen LogP contribution in [0.15, 0.2) is 49.1 Å². The first-order valence-corrected chi connectivity index (χ1v) is 10.2. The molecular formula is C23H22S2. The van der Waals surface area contributed by atoms with Crippen LogP contribution in [-0.4, -0.2) is 0 Å². The minimum atomic E-state index is 0.0753. The number of fused-ring (bicyclic) bond motifs is 4. The van der Waals surface area contributed by atoms with Gasteiger partial charge in [0.25, 0.3) is 0 Å². The van der Waals surface area contributed by atoms with Crippen molar-refractivity contribution in [2.24, 2.45) is 0 Å². The number of aryl methyl sites for hydroxylation is 1. The van der Waals surface area contributed by atoms with E-state index in [0.29, 0.717) is 0 Å². The zero-order chi connectivity index (χ0) is 17.8. The second kappa shape index (κ2) is 5.82. The molecule has 0 nitrogen and oxygen atoms in total. The lowest BCUT2D eigenvalue weighted by Gasteiger charge is -2.23. The van der Waals surface area contributed by atoms with Gasteiger partial charge in [0.1, 0.15) is 0 Å². The first kappa shape index (κ1) is 16.6. The minimum Gasteiger partial charge on any atom is -0.140 e. The Morgan fingerprint density at radius 2 is 1.68 bits per heavy atom. The molecule has 0 aliphatic rings. The van der Waals surface area contributed by atoms with Gasteiger partial charge in [0.2, 0.25) is 0 Å². The first-order valence-electron chi connectivity index (χ1n) is 8.58. The lowest BCUT2D eigenvalue weighted by Crippen LogP contribution is -2.12. The highest BCUT2D eigenvalue weighted by Crippen LogP contribution is 2.47. The van der Waals surface area contributed by atoms with Crippen molar-refractivity contribution in [1.82, 2.24) is 0 Å². The molecule has 0 saturated carbocycles. The van der Waals surface area contributed by atoms with Crippen molar-refractivity contribution in [3.8, 4) is 0 Å². The predicted octanol–water partition coefficient (Wildman–Crippen LogP) is 8.07. The van der Waals surface area contributed by atoms with Crippen molar-refractivity contribution in [1.29, 1.82) is 0 Å². The van der Waals surface area contributed by atoms with Gasteiger partial charge in [-0.25, -0.2) is 0 Å². The van der Waals surface area contributed by atoms with Gasteiger partial charge in [-0.3, -0.25) is 0 Å². The van der Waals surface area contributed by atoms with E-state index >= 15 is 0 Å². The summed E-state index contributed by atoms with van der Waals surface area (Å²) < 4.78 is 4.17. The summed E-state index contributed by atoms with van der Waals surface area (Å²) in [6, 6.07) is 11.2. The average molecular weight is 363 g/mol. The number of benzene rings is 2. The average Bonchev–Trinajstić information content (AvgIpc) is 3.06. The maximum atomic E-state index is 3.84. The summed E-state index contributed by atoms with van der Waals surface area (Å²) in [5, 5.41) is 4.24. The fraction of sp³-hybridized carbons (Fsp3) is 0.217. The third-order valence-electron chi connectivity index (χ3n) is 4.69. The van der Waals surface area contributed by atoms with Crippen molar-refractivity contribution >= 4 is 59.0 Å². The van der Waals surface area contributed by atoms with Crippen LogP contribution in [-0.2, 0) is 5.41 Å². The second-order valence-electron chi connectivity index (χ2n) is 7.51. The largest absolute Gasteiger partial charge is 0.140 e. The van der Waals surface area contributed by atoms with Gasteiger partial charge in [-0.2, -0.15) is 0 Å². The molecule has 0 bridgehead atoms. The standard InChI is InChI=1S/C23H22S2/c1-6-7-10-15-14(2)24-18-13-19-21(22(20(15)18)23(3,4)5)16-11-8-9-12-17(16)25-19/h6-13H,1H2,2-5H3/b10-7-. The van der Waals surface area contributed by atoms with Gasteiger partial charge in [-0.1, -0.05) is 63.8 Å². The topological polar surface area (TPSA) is 0 Å². The second-order valence-corrected chi connectivity index (χ2v) is 9.85. The van der Waals surface area contributed by atoms with Crippen LogP contribution < -0.4 is 0 Å². The molecule has 0 aliphatic heterocycles. The molecule has 0 radical (unpaired) electrons. The Kier molecular flexibility index (Phi) is 3.86. The van der Waals surface area contributed by atoms with Gasteiger partial charge in [-0.05, 0) is 35.6 Å². The highest BCUT2D eigenvalue weighted by atomic mass is 32.1. The lowest BCUT2D eigenvalue weighted by molar-refractivity contribution is 0.602. The Bertz CT molecular complexity index is 1140. The molecule has 126 valence electrons. The summed E-state index contributed by atoms with van der Waals surface area (Å²) in [6.45, 7) is 13.1. The van der Waals surface area contributed by atoms with Gasteiger partial charge < -0.3 is 0 Å². The van der Waals surface area contributed by atoms with Crippen molar-refractivity contribution in [2.45, 2.75) is 33.1 Å². The van der Waals surface area contributed by atoms with E-state index < -0.39 is 0 Å². The zero-order valence-electron chi connectivity index (χ0n) is 15.1. The Hall–Kier alpha value is -1.90. The summed E-state index contributed by atoms with van der Waals surface area (Å²) in [7, 11) is 0. The molecule has 0 aliphatic carbocycles. The summed E-state index contributed by atoms with van der Waals surface area (Å²) in [6.07, 6.45) is 6.13. The molecule has 0 amide bonds. The van der Waals surface area contributed by atoms with E-state index in [4.69, 9.17) is 0 Å². The Balaban J connectivity index is 2.29. The highest BCUT2D eigenvalue weighted by molar-refractivity contribution is 7.26. The SMILES string of the molecule is C=C/C=C\c1c(C)sc2cc3sc4ccccc4c3c(C(C)(C)C)c12. The maximum Gasteiger partial charge on any atom is 0.0372 e. The molecule has 2 aromatic heterocycles. The molecule has 0 saturated heterocycles. The molecule has 25 heavy (non-hydrogen) atoms. The van der Waals surface area contributed by atoms with Gasteiger partial charge in [0, 0.05) is 35.1 Å². The van der Waals surface area contributed by atoms with Gasteiger partial charge in [0.05, 0.1) is 0 Å². The predicted molar refractivity (Wildman–Crippen MR) is 117 cm³/mol. The van der Waals surface area contributed by atoms with Crippen molar-refractivity contribution in [3.63, 3.8) is 0 Å². The van der Waals surface area contributed by atoms with Gasteiger partial charge in [-0.15, -0.1) is 22.7 Å². The van der Waals surface area contributed by atoms with E-state index in [-0.39, 0.29) is 5.41 Å². The minimum absolute atomic E-state index is 0.0753. The van der Waals surface area contributed by atoms with E-state index in [1.165, 1.54) is 46.3 Å². The number of hydrogen-bond acceptors (Lipinski definition) is 2. The quantitative estimate of drug-likeness (QED) is 0.316.